The van der Waals surface area contributed by atoms with Crippen molar-refractivity contribution in [3.8, 4) is 0 Å². The van der Waals surface area contributed by atoms with E-state index in [0.29, 0.717) is 26.2 Å². The highest BCUT2D eigenvalue weighted by atomic mass is 32.2. The molecule has 23 heavy (non-hydrogen) atoms. The highest BCUT2D eigenvalue weighted by Crippen LogP contribution is 2.24. The number of rotatable bonds is 5. The number of carbonyl (C=O) groups excluding carboxylic acids is 2. The van der Waals surface area contributed by atoms with Crippen LogP contribution in [0.3, 0.4) is 0 Å². The number of sulfonamides is 1. The first-order valence-electron chi connectivity index (χ1n) is 8.42. The predicted molar refractivity (Wildman–Crippen MR) is 87.2 cm³/mol. The highest BCUT2D eigenvalue weighted by molar-refractivity contribution is 7.89. The van der Waals surface area contributed by atoms with Gasteiger partial charge in [-0.2, -0.15) is 4.31 Å². The van der Waals surface area contributed by atoms with Gasteiger partial charge >= 0.3 is 0 Å². The van der Waals surface area contributed by atoms with Gasteiger partial charge in [0, 0.05) is 32.1 Å². The molecule has 1 heterocycles. The monoisotopic (exact) mass is 345 g/mol. The molecule has 132 valence electrons. The average molecular weight is 345 g/mol. The van der Waals surface area contributed by atoms with Gasteiger partial charge in [0.15, 0.2) is 0 Å². The van der Waals surface area contributed by atoms with Crippen LogP contribution in [0.25, 0.3) is 0 Å². The number of amides is 2. The zero-order valence-electron chi connectivity index (χ0n) is 14.0. The summed E-state index contributed by atoms with van der Waals surface area (Å²) in [4.78, 5) is 26.2. The lowest BCUT2D eigenvalue weighted by Crippen LogP contribution is -2.55. The topological polar surface area (TPSA) is 86.8 Å². The summed E-state index contributed by atoms with van der Waals surface area (Å²) in [6.07, 6.45) is 3.96. The van der Waals surface area contributed by atoms with Gasteiger partial charge in [0.25, 0.3) is 0 Å². The number of carbonyl (C=O) groups is 2. The normalized spacial score (nSPS) is 22.1. The van der Waals surface area contributed by atoms with E-state index in [1.54, 1.807) is 18.7 Å². The van der Waals surface area contributed by atoms with Gasteiger partial charge in [-0.3, -0.25) is 9.59 Å². The van der Waals surface area contributed by atoms with Crippen molar-refractivity contribution < 1.29 is 18.0 Å². The summed E-state index contributed by atoms with van der Waals surface area (Å²) in [5.41, 5.74) is 0. The SMILES string of the molecule is CCS(=O)(=O)N1CCN(C(=O)C(C)NC(=O)C2CCCC2)CC1. The van der Waals surface area contributed by atoms with Crippen LogP contribution in [0.5, 0.6) is 0 Å². The molecule has 1 unspecified atom stereocenters. The van der Waals surface area contributed by atoms with E-state index < -0.39 is 16.1 Å². The van der Waals surface area contributed by atoms with Gasteiger partial charge in [-0.1, -0.05) is 12.8 Å². The molecule has 1 aliphatic carbocycles. The molecule has 1 N–H and O–H groups in total. The van der Waals surface area contributed by atoms with Gasteiger partial charge in [0.2, 0.25) is 21.8 Å². The molecular formula is C15H27N3O4S. The van der Waals surface area contributed by atoms with Crippen LogP contribution < -0.4 is 5.32 Å². The molecule has 1 atom stereocenters. The lowest BCUT2D eigenvalue weighted by atomic mass is 10.1. The summed E-state index contributed by atoms with van der Waals surface area (Å²) >= 11 is 0. The Morgan fingerprint density at radius 3 is 2.22 bits per heavy atom. The smallest absolute Gasteiger partial charge is 0.244 e. The molecule has 2 rings (SSSR count). The average Bonchev–Trinajstić information content (AvgIpc) is 3.08. The fraction of sp³-hybridized carbons (Fsp3) is 0.867. The van der Waals surface area contributed by atoms with Crippen LogP contribution in [0.4, 0.5) is 0 Å². The van der Waals surface area contributed by atoms with E-state index in [1.165, 1.54) is 4.31 Å². The minimum atomic E-state index is -3.20. The Bertz CT molecular complexity index is 535. The van der Waals surface area contributed by atoms with Crippen molar-refractivity contribution in [2.75, 3.05) is 31.9 Å². The molecule has 2 fully saturated rings. The van der Waals surface area contributed by atoms with Crippen LogP contribution in [0, 0.1) is 5.92 Å². The quantitative estimate of drug-likeness (QED) is 0.770. The molecule has 7 nitrogen and oxygen atoms in total. The van der Waals surface area contributed by atoms with Gasteiger partial charge in [-0.25, -0.2) is 8.42 Å². The fourth-order valence-corrected chi connectivity index (χ4v) is 4.31. The standard InChI is InChI=1S/C15H27N3O4S/c1-3-23(21,22)18-10-8-17(9-11-18)15(20)12(2)16-14(19)13-6-4-5-7-13/h12-13H,3-11H2,1-2H3,(H,16,19). The largest absolute Gasteiger partial charge is 0.344 e. The van der Waals surface area contributed by atoms with Gasteiger partial charge in [0.05, 0.1) is 5.75 Å². The number of nitrogens with one attached hydrogen (secondary N) is 1. The van der Waals surface area contributed by atoms with Crippen LogP contribution in [-0.2, 0) is 19.6 Å². The number of piperazine rings is 1. The Labute approximate surface area is 138 Å². The fourth-order valence-electron chi connectivity index (χ4n) is 3.22. The zero-order chi connectivity index (χ0) is 17.0. The minimum absolute atomic E-state index is 0.0319. The maximum atomic E-state index is 12.4. The van der Waals surface area contributed by atoms with Gasteiger partial charge in [-0.05, 0) is 26.7 Å². The molecule has 0 spiro atoms. The molecule has 1 saturated carbocycles. The Morgan fingerprint density at radius 2 is 1.70 bits per heavy atom. The van der Waals surface area contributed by atoms with Gasteiger partial charge < -0.3 is 10.2 Å². The number of nitrogens with zero attached hydrogens (tertiary/aromatic N) is 2. The summed E-state index contributed by atoms with van der Waals surface area (Å²) in [7, 11) is -3.20. The molecule has 0 aromatic rings. The van der Waals surface area contributed by atoms with Gasteiger partial charge in [-0.15, -0.1) is 0 Å². The molecule has 1 aliphatic heterocycles. The van der Waals surface area contributed by atoms with Crippen LogP contribution >= 0.6 is 0 Å². The maximum absolute atomic E-state index is 12.4. The van der Waals surface area contributed by atoms with Crippen LogP contribution in [0.15, 0.2) is 0 Å². The first kappa shape index (κ1) is 18.2. The molecule has 8 heteroatoms. The van der Waals surface area contributed by atoms with Crippen LogP contribution in [-0.4, -0.2) is 67.4 Å². The van der Waals surface area contributed by atoms with Crippen LogP contribution in [0.1, 0.15) is 39.5 Å². The predicted octanol–water partition coefficient (Wildman–Crippen LogP) is 0.175. The first-order chi connectivity index (χ1) is 10.8. The second-order valence-electron chi connectivity index (χ2n) is 6.34. The van der Waals surface area contributed by atoms with E-state index in [2.05, 4.69) is 5.32 Å². The molecule has 0 aromatic carbocycles. The molecule has 2 amide bonds. The third-order valence-electron chi connectivity index (χ3n) is 4.76. The Morgan fingerprint density at radius 1 is 1.13 bits per heavy atom. The Balaban J connectivity index is 1.83. The van der Waals surface area contributed by atoms with E-state index in [-0.39, 0.29) is 23.5 Å². The van der Waals surface area contributed by atoms with Crippen LogP contribution in [0.2, 0.25) is 0 Å². The van der Waals surface area contributed by atoms with Crippen molar-refractivity contribution in [1.29, 1.82) is 0 Å². The highest BCUT2D eigenvalue weighted by Gasteiger charge is 2.31. The second kappa shape index (κ2) is 7.61. The molecule has 0 radical (unpaired) electrons. The second-order valence-corrected chi connectivity index (χ2v) is 8.59. The number of hydrogen-bond acceptors (Lipinski definition) is 4. The van der Waals surface area contributed by atoms with E-state index in [9.17, 15) is 18.0 Å². The van der Waals surface area contributed by atoms with E-state index >= 15 is 0 Å². The van der Waals surface area contributed by atoms with Crippen molar-refractivity contribution in [2.24, 2.45) is 5.92 Å². The van der Waals surface area contributed by atoms with Crippen molar-refractivity contribution >= 4 is 21.8 Å². The van der Waals surface area contributed by atoms with Gasteiger partial charge in [0.1, 0.15) is 6.04 Å². The van der Waals surface area contributed by atoms with E-state index in [0.717, 1.165) is 25.7 Å². The van der Waals surface area contributed by atoms with E-state index in [4.69, 9.17) is 0 Å². The minimum Gasteiger partial charge on any atom is -0.344 e. The first-order valence-corrected chi connectivity index (χ1v) is 10.0. The maximum Gasteiger partial charge on any atom is 0.244 e. The lowest BCUT2D eigenvalue weighted by molar-refractivity contribution is -0.137. The number of hydrogen-bond donors (Lipinski definition) is 1. The van der Waals surface area contributed by atoms with Crippen molar-refractivity contribution in [1.82, 2.24) is 14.5 Å². The third kappa shape index (κ3) is 4.44. The summed E-state index contributed by atoms with van der Waals surface area (Å²) in [5, 5.41) is 2.81. The lowest BCUT2D eigenvalue weighted by Gasteiger charge is -2.35. The summed E-state index contributed by atoms with van der Waals surface area (Å²) < 4.78 is 25.1. The summed E-state index contributed by atoms with van der Waals surface area (Å²) in [6, 6.07) is -0.558. The molecule has 2 aliphatic rings. The molecular weight excluding hydrogens is 318 g/mol. The molecule has 0 bridgehead atoms. The Hall–Kier alpha value is -1.15. The van der Waals surface area contributed by atoms with Crippen molar-refractivity contribution in [3.63, 3.8) is 0 Å². The van der Waals surface area contributed by atoms with Crippen molar-refractivity contribution in [3.05, 3.63) is 0 Å². The van der Waals surface area contributed by atoms with Crippen molar-refractivity contribution in [2.45, 2.75) is 45.6 Å². The third-order valence-corrected chi connectivity index (χ3v) is 6.65. The molecule has 0 aromatic heterocycles. The zero-order valence-corrected chi connectivity index (χ0v) is 14.8. The summed E-state index contributed by atoms with van der Waals surface area (Å²) in [5.74, 6) is -0.0494. The summed E-state index contributed by atoms with van der Waals surface area (Å²) in [6.45, 7) is 4.72. The molecule has 1 saturated heterocycles. The Kier molecular flexibility index (Phi) is 6.02. The van der Waals surface area contributed by atoms with E-state index in [1.807, 2.05) is 0 Å².